The van der Waals surface area contributed by atoms with Crippen molar-refractivity contribution in [1.82, 2.24) is 19.8 Å². The van der Waals surface area contributed by atoms with Crippen molar-refractivity contribution >= 4 is 5.65 Å². The summed E-state index contributed by atoms with van der Waals surface area (Å²) in [5, 5.41) is 19.3. The third-order valence-electron chi connectivity index (χ3n) is 4.06. The van der Waals surface area contributed by atoms with Crippen molar-refractivity contribution in [2.45, 2.75) is 31.9 Å². The maximum absolute atomic E-state index is 13.0. The van der Waals surface area contributed by atoms with E-state index in [0.717, 1.165) is 24.8 Å². The highest BCUT2D eigenvalue weighted by molar-refractivity contribution is 5.68. The van der Waals surface area contributed by atoms with Crippen LogP contribution in [0.3, 0.4) is 0 Å². The minimum absolute atomic E-state index is 0.0131. The van der Waals surface area contributed by atoms with E-state index in [9.17, 15) is 13.2 Å². The van der Waals surface area contributed by atoms with E-state index in [0.29, 0.717) is 27.9 Å². The van der Waals surface area contributed by atoms with Gasteiger partial charge in [0.05, 0.1) is 18.9 Å². The molecule has 0 radical (unpaired) electrons. The van der Waals surface area contributed by atoms with Gasteiger partial charge < -0.3 is 4.74 Å². The molecule has 140 valence electrons. The summed E-state index contributed by atoms with van der Waals surface area (Å²) in [6.45, 7) is 0. The maximum atomic E-state index is 13.0. The van der Waals surface area contributed by atoms with Crippen LogP contribution in [0.1, 0.15) is 30.7 Å². The van der Waals surface area contributed by atoms with Crippen LogP contribution in [0.25, 0.3) is 16.9 Å². The molecule has 0 unspecified atom stereocenters. The van der Waals surface area contributed by atoms with Crippen LogP contribution in [-0.2, 0) is 12.6 Å². The van der Waals surface area contributed by atoms with Gasteiger partial charge in [0.25, 0.3) is 5.82 Å². The molecule has 0 atom stereocenters. The molecule has 0 N–H and O–H groups in total. The summed E-state index contributed by atoms with van der Waals surface area (Å²) in [4.78, 5) is 0. The van der Waals surface area contributed by atoms with Crippen molar-refractivity contribution in [3.8, 4) is 23.1 Å². The average molecular weight is 375 g/mol. The Kier molecular flexibility index (Phi) is 5.26. The third-order valence-corrected chi connectivity index (χ3v) is 4.06. The summed E-state index contributed by atoms with van der Waals surface area (Å²) in [5.74, 6) is -0.659. The van der Waals surface area contributed by atoms with Gasteiger partial charge in [0.2, 0.25) is 0 Å². The highest BCUT2D eigenvalue weighted by Crippen LogP contribution is 2.32. The molecule has 0 aliphatic heterocycles. The summed E-state index contributed by atoms with van der Waals surface area (Å²) < 4.78 is 45.2. The van der Waals surface area contributed by atoms with Gasteiger partial charge in [-0.2, -0.15) is 28.0 Å². The average Bonchev–Trinajstić information content (AvgIpc) is 3.08. The topological polar surface area (TPSA) is 76.1 Å². The SMILES string of the molecule is COc1cc(CCCCC#N)ccc1-c1ccc2nnc(C(F)(F)F)n2n1. The molecular formula is C18H16F3N5O. The second-order valence-electron chi connectivity index (χ2n) is 5.91. The zero-order valence-corrected chi connectivity index (χ0v) is 14.5. The molecule has 3 aromatic rings. The predicted molar refractivity (Wildman–Crippen MR) is 90.9 cm³/mol. The zero-order valence-electron chi connectivity index (χ0n) is 14.5. The Labute approximate surface area is 153 Å². The fraction of sp³-hybridized carbons (Fsp3) is 0.333. The van der Waals surface area contributed by atoms with Crippen LogP contribution in [0.2, 0.25) is 0 Å². The number of rotatable bonds is 6. The van der Waals surface area contributed by atoms with Gasteiger partial charge in [-0.3, -0.25) is 0 Å². The van der Waals surface area contributed by atoms with Crippen molar-refractivity contribution in [2.24, 2.45) is 0 Å². The Balaban J connectivity index is 1.94. The summed E-state index contributed by atoms with van der Waals surface area (Å²) in [7, 11) is 1.50. The Morgan fingerprint density at radius 2 is 1.96 bits per heavy atom. The Morgan fingerprint density at radius 1 is 1.15 bits per heavy atom. The second-order valence-corrected chi connectivity index (χ2v) is 5.91. The first-order valence-corrected chi connectivity index (χ1v) is 8.28. The van der Waals surface area contributed by atoms with Crippen LogP contribution in [-0.4, -0.2) is 26.9 Å². The number of nitrogens with zero attached hydrogens (tertiary/aromatic N) is 5. The van der Waals surface area contributed by atoms with Crippen molar-refractivity contribution in [3.63, 3.8) is 0 Å². The normalized spacial score (nSPS) is 11.5. The Morgan fingerprint density at radius 3 is 2.67 bits per heavy atom. The Hall–Kier alpha value is -3.15. The molecule has 0 saturated heterocycles. The van der Waals surface area contributed by atoms with Gasteiger partial charge in [0.1, 0.15) is 5.75 Å². The molecule has 2 aromatic heterocycles. The molecule has 0 spiro atoms. The molecule has 0 amide bonds. The van der Waals surface area contributed by atoms with Crippen molar-refractivity contribution in [1.29, 1.82) is 5.26 Å². The molecule has 0 bridgehead atoms. The lowest BCUT2D eigenvalue weighted by molar-refractivity contribution is -0.146. The standard InChI is InChI=1S/C18H16F3N5O/c1-27-15-11-12(5-3-2-4-10-22)6-7-13(15)14-8-9-16-23-24-17(18(19,20)21)26(16)25-14/h6-9,11H,2-5H2,1H3. The third kappa shape index (κ3) is 4.00. The predicted octanol–water partition coefficient (Wildman–Crippen LogP) is 4.06. The molecular weight excluding hydrogens is 359 g/mol. The van der Waals surface area contributed by atoms with Crippen molar-refractivity contribution < 1.29 is 17.9 Å². The van der Waals surface area contributed by atoms with E-state index in [4.69, 9.17) is 10.00 Å². The van der Waals surface area contributed by atoms with Gasteiger partial charge >= 0.3 is 6.18 Å². The molecule has 9 heteroatoms. The number of halogens is 3. The highest BCUT2D eigenvalue weighted by Gasteiger charge is 2.37. The smallest absolute Gasteiger partial charge is 0.453 e. The van der Waals surface area contributed by atoms with Gasteiger partial charge in [0.15, 0.2) is 5.65 Å². The molecule has 1 aromatic carbocycles. The lowest BCUT2D eigenvalue weighted by atomic mass is 10.0. The van der Waals surface area contributed by atoms with Crippen LogP contribution in [0, 0.1) is 11.3 Å². The van der Waals surface area contributed by atoms with Crippen LogP contribution < -0.4 is 4.74 Å². The first kappa shape index (κ1) is 18.6. The van der Waals surface area contributed by atoms with Crippen LogP contribution in [0.5, 0.6) is 5.75 Å². The number of fused-ring (bicyclic) bond motifs is 1. The Bertz CT molecular complexity index is 991. The minimum Gasteiger partial charge on any atom is -0.496 e. The quantitative estimate of drug-likeness (QED) is 0.608. The van der Waals surface area contributed by atoms with E-state index < -0.39 is 12.0 Å². The van der Waals surface area contributed by atoms with Gasteiger partial charge in [0, 0.05) is 12.0 Å². The number of benzene rings is 1. The van der Waals surface area contributed by atoms with Crippen LogP contribution in [0.4, 0.5) is 13.2 Å². The van der Waals surface area contributed by atoms with Crippen LogP contribution in [0.15, 0.2) is 30.3 Å². The van der Waals surface area contributed by atoms with E-state index in [1.807, 2.05) is 12.1 Å². The van der Waals surface area contributed by atoms with E-state index >= 15 is 0 Å². The molecule has 3 rings (SSSR count). The number of ether oxygens (including phenoxy) is 1. The molecule has 0 fully saturated rings. The summed E-state index contributed by atoms with van der Waals surface area (Å²) in [5.41, 5.74) is 1.93. The number of alkyl halides is 3. The number of unbranched alkanes of at least 4 members (excludes halogenated alkanes) is 2. The number of methoxy groups -OCH3 is 1. The molecule has 0 saturated carbocycles. The number of hydrogen-bond acceptors (Lipinski definition) is 5. The van der Waals surface area contributed by atoms with Gasteiger partial charge in [-0.25, -0.2) is 0 Å². The van der Waals surface area contributed by atoms with Crippen LogP contribution >= 0.6 is 0 Å². The van der Waals surface area contributed by atoms with E-state index in [2.05, 4.69) is 21.4 Å². The van der Waals surface area contributed by atoms with Crippen molar-refractivity contribution in [3.05, 3.63) is 41.7 Å². The largest absolute Gasteiger partial charge is 0.496 e. The first-order chi connectivity index (χ1) is 12.9. The molecule has 0 aliphatic carbocycles. The fourth-order valence-electron chi connectivity index (χ4n) is 2.75. The van der Waals surface area contributed by atoms with Gasteiger partial charge in [-0.05, 0) is 49.1 Å². The monoisotopic (exact) mass is 375 g/mol. The maximum Gasteiger partial charge on any atom is 0.453 e. The summed E-state index contributed by atoms with van der Waals surface area (Å²) in [6, 6.07) is 10.6. The van der Waals surface area contributed by atoms with E-state index in [1.54, 1.807) is 12.1 Å². The number of nitriles is 1. The fourth-order valence-corrected chi connectivity index (χ4v) is 2.75. The first-order valence-electron chi connectivity index (χ1n) is 8.28. The molecule has 6 nitrogen and oxygen atoms in total. The summed E-state index contributed by atoms with van der Waals surface area (Å²) in [6.07, 6.45) is -1.67. The number of aryl methyl sites for hydroxylation is 1. The summed E-state index contributed by atoms with van der Waals surface area (Å²) >= 11 is 0. The lowest BCUT2D eigenvalue weighted by Crippen LogP contribution is -2.12. The van der Waals surface area contributed by atoms with E-state index in [1.165, 1.54) is 13.2 Å². The number of hydrogen-bond donors (Lipinski definition) is 0. The van der Waals surface area contributed by atoms with Gasteiger partial charge in [-0.1, -0.05) is 6.07 Å². The molecule has 27 heavy (non-hydrogen) atoms. The zero-order chi connectivity index (χ0) is 19.4. The second kappa shape index (κ2) is 7.61. The van der Waals surface area contributed by atoms with Gasteiger partial charge in [-0.15, -0.1) is 10.2 Å². The van der Waals surface area contributed by atoms with Crippen molar-refractivity contribution in [2.75, 3.05) is 7.11 Å². The minimum atomic E-state index is -4.65. The molecule has 0 aliphatic rings. The molecule has 2 heterocycles. The lowest BCUT2D eigenvalue weighted by Gasteiger charge is -2.11. The highest BCUT2D eigenvalue weighted by atomic mass is 19.4. The number of aromatic nitrogens is 4. The van der Waals surface area contributed by atoms with E-state index in [-0.39, 0.29) is 5.65 Å².